The summed E-state index contributed by atoms with van der Waals surface area (Å²) in [6, 6.07) is 15.1. The minimum absolute atomic E-state index is 0.0160. The summed E-state index contributed by atoms with van der Waals surface area (Å²) in [5.74, 6) is -1.84. The van der Waals surface area contributed by atoms with E-state index < -0.39 is 18.0 Å². The maximum absolute atomic E-state index is 12.3. The summed E-state index contributed by atoms with van der Waals surface area (Å²) in [7, 11) is 1.42. The summed E-state index contributed by atoms with van der Waals surface area (Å²) in [5, 5.41) is 11.4. The van der Waals surface area contributed by atoms with Crippen molar-refractivity contribution in [1.82, 2.24) is 4.90 Å². The highest BCUT2D eigenvalue weighted by Gasteiger charge is 2.32. The average molecular weight is 502 g/mol. The SMILES string of the molecule is CC(=O)Oc1ccccc1C(=O)O.COC(=O)C(c1ccccc1Cl)N1CCc2sccc2C1. The Morgan fingerprint density at radius 1 is 1.09 bits per heavy atom. The number of carboxylic acids is 1. The van der Waals surface area contributed by atoms with Gasteiger partial charge in [-0.15, -0.1) is 11.3 Å². The van der Waals surface area contributed by atoms with Gasteiger partial charge in [0, 0.05) is 29.9 Å². The molecule has 0 radical (unpaired) electrons. The molecule has 1 unspecified atom stereocenters. The van der Waals surface area contributed by atoms with Crippen molar-refractivity contribution >= 4 is 40.8 Å². The predicted octanol–water partition coefficient (Wildman–Crippen LogP) is 4.98. The summed E-state index contributed by atoms with van der Waals surface area (Å²) in [4.78, 5) is 37.0. The molecule has 1 aliphatic heterocycles. The van der Waals surface area contributed by atoms with E-state index in [-0.39, 0.29) is 17.3 Å². The number of ether oxygens (including phenoxy) is 2. The number of hydrogen-bond acceptors (Lipinski definition) is 7. The van der Waals surface area contributed by atoms with E-state index in [1.165, 1.54) is 36.6 Å². The van der Waals surface area contributed by atoms with Crippen molar-refractivity contribution in [3.05, 3.63) is 86.6 Å². The van der Waals surface area contributed by atoms with Crippen LogP contribution >= 0.6 is 22.9 Å². The molecule has 1 atom stereocenters. The maximum Gasteiger partial charge on any atom is 0.339 e. The standard InChI is InChI=1S/C16H16ClNO2S.C9H8O4/c1-20-16(19)15(12-4-2-3-5-13(12)17)18-8-6-14-11(10-18)7-9-21-14;1-6(10)13-8-5-3-2-4-7(8)9(11)12/h2-5,7,9,15H,6,8,10H2,1H3;2-5H,1H3,(H,11,12). The maximum atomic E-state index is 12.3. The lowest BCUT2D eigenvalue weighted by Gasteiger charge is -2.33. The molecule has 0 amide bonds. The lowest BCUT2D eigenvalue weighted by atomic mass is 10.0. The number of aromatic carboxylic acids is 1. The smallest absolute Gasteiger partial charge is 0.339 e. The molecular formula is C25H24ClNO6S. The van der Waals surface area contributed by atoms with E-state index in [2.05, 4.69) is 21.1 Å². The van der Waals surface area contributed by atoms with E-state index in [1.807, 2.05) is 24.3 Å². The molecule has 0 fully saturated rings. The van der Waals surface area contributed by atoms with Crippen LogP contribution < -0.4 is 4.74 Å². The van der Waals surface area contributed by atoms with E-state index in [9.17, 15) is 14.4 Å². The number of benzene rings is 2. The number of carboxylic acid groups (broad SMARTS) is 1. The number of halogens is 1. The molecule has 0 saturated heterocycles. The highest BCUT2D eigenvalue weighted by Crippen LogP contribution is 2.33. The Kier molecular flexibility index (Phi) is 8.81. The molecule has 1 aliphatic rings. The monoisotopic (exact) mass is 501 g/mol. The van der Waals surface area contributed by atoms with E-state index in [1.54, 1.807) is 23.5 Å². The summed E-state index contributed by atoms with van der Waals surface area (Å²) < 4.78 is 9.69. The lowest BCUT2D eigenvalue weighted by molar-refractivity contribution is -0.147. The zero-order valence-corrected chi connectivity index (χ0v) is 20.3. The molecule has 178 valence electrons. The van der Waals surface area contributed by atoms with Crippen molar-refractivity contribution in [2.45, 2.75) is 25.9 Å². The third-order valence-corrected chi connectivity index (χ3v) is 6.56. The average Bonchev–Trinajstić information content (AvgIpc) is 3.29. The lowest BCUT2D eigenvalue weighted by Crippen LogP contribution is -2.38. The highest BCUT2D eigenvalue weighted by atomic mass is 35.5. The molecular weight excluding hydrogens is 478 g/mol. The normalized spacial score (nSPS) is 13.6. The van der Waals surface area contributed by atoms with Gasteiger partial charge in [0.15, 0.2) is 0 Å². The molecule has 1 N–H and O–H groups in total. The van der Waals surface area contributed by atoms with Crippen LogP contribution in [0.25, 0.3) is 0 Å². The second-order valence-corrected chi connectivity index (χ2v) is 8.84. The van der Waals surface area contributed by atoms with Crippen LogP contribution in [0.15, 0.2) is 60.0 Å². The van der Waals surface area contributed by atoms with Crippen LogP contribution in [0.2, 0.25) is 5.02 Å². The molecule has 0 bridgehead atoms. The van der Waals surface area contributed by atoms with E-state index in [0.29, 0.717) is 5.02 Å². The van der Waals surface area contributed by atoms with Gasteiger partial charge < -0.3 is 14.6 Å². The third kappa shape index (κ3) is 6.22. The van der Waals surface area contributed by atoms with Crippen molar-refractivity contribution in [2.24, 2.45) is 0 Å². The summed E-state index contributed by atoms with van der Waals surface area (Å²) in [5.41, 5.74) is 2.09. The van der Waals surface area contributed by atoms with Crippen LogP contribution in [0, 0.1) is 0 Å². The number of methoxy groups -OCH3 is 1. The number of rotatable bonds is 5. The molecule has 2 aromatic carbocycles. The topological polar surface area (TPSA) is 93.1 Å². The van der Waals surface area contributed by atoms with Gasteiger partial charge in [0.2, 0.25) is 0 Å². The van der Waals surface area contributed by atoms with Crippen LogP contribution in [-0.4, -0.2) is 41.6 Å². The summed E-state index contributed by atoms with van der Waals surface area (Å²) in [6.07, 6.45) is 0.963. The zero-order chi connectivity index (χ0) is 24.7. The van der Waals surface area contributed by atoms with Crippen molar-refractivity contribution in [3.8, 4) is 5.75 Å². The predicted molar refractivity (Wildman–Crippen MR) is 129 cm³/mol. The first-order chi connectivity index (χ1) is 16.3. The molecule has 34 heavy (non-hydrogen) atoms. The first kappa shape index (κ1) is 25.4. The minimum Gasteiger partial charge on any atom is -0.478 e. The second-order valence-electron chi connectivity index (χ2n) is 7.43. The Balaban J connectivity index is 0.000000215. The number of esters is 2. The van der Waals surface area contributed by atoms with Crippen LogP contribution in [0.5, 0.6) is 5.75 Å². The van der Waals surface area contributed by atoms with E-state index in [4.69, 9.17) is 21.4 Å². The quantitative estimate of drug-likeness (QED) is 0.389. The summed E-state index contributed by atoms with van der Waals surface area (Å²) >= 11 is 8.07. The van der Waals surface area contributed by atoms with Gasteiger partial charge in [-0.2, -0.15) is 0 Å². The van der Waals surface area contributed by atoms with Gasteiger partial charge in [0.05, 0.1) is 7.11 Å². The Labute approximate surface area is 206 Å². The largest absolute Gasteiger partial charge is 0.478 e. The molecule has 4 rings (SSSR count). The highest BCUT2D eigenvalue weighted by molar-refractivity contribution is 7.10. The fourth-order valence-electron chi connectivity index (χ4n) is 3.66. The van der Waals surface area contributed by atoms with Gasteiger partial charge in [0.25, 0.3) is 0 Å². The fourth-order valence-corrected chi connectivity index (χ4v) is 4.79. The molecule has 9 heteroatoms. The minimum atomic E-state index is -1.11. The molecule has 0 saturated carbocycles. The van der Waals surface area contributed by atoms with Crippen molar-refractivity contribution in [1.29, 1.82) is 0 Å². The number of hydrogen-bond donors (Lipinski definition) is 1. The first-order valence-electron chi connectivity index (χ1n) is 10.4. The van der Waals surface area contributed by atoms with Gasteiger partial charge in [0.1, 0.15) is 17.4 Å². The Morgan fingerprint density at radius 2 is 1.79 bits per heavy atom. The second kappa shape index (κ2) is 11.8. The number of nitrogens with zero attached hydrogens (tertiary/aromatic N) is 1. The number of para-hydroxylation sites is 1. The Hall–Kier alpha value is -3.20. The van der Waals surface area contributed by atoms with Crippen LogP contribution in [0.1, 0.15) is 39.3 Å². The van der Waals surface area contributed by atoms with Gasteiger partial charge >= 0.3 is 17.9 Å². The number of fused-ring (bicyclic) bond motifs is 1. The fraction of sp³-hybridized carbons (Fsp3) is 0.240. The van der Waals surface area contributed by atoms with Crippen LogP contribution in [0.3, 0.4) is 0 Å². The van der Waals surface area contributed by atoms with E-state index >= 15 is 0 Å². The van der Waals surface area contributed by atoms with Gasteiger partial charge in [-0.1, -0.05) is 41.9 Å². The summed E-state index contributed by atoms with van der Waals surface area (Å²) in [6.45, 7) is 2.81. The van der Waals surface area contributed by atoms with Gasteiger partial charge in [-0.05, 0) is 47.2 Å². The number of thiophene rings is 1. The van der Waals surface area contributed by atoms with E-state index in [0.717, 1.165) is 25.1 Å². The third-order valence-electron chi connectivity index (χ3n) is 5.20. The molecule has 1 aromatic heterocycles. The first-order valence-corrected chi connectivity index (χ1v) is 11.7. The van der Waals surface area contributed by atoms with Crippen molar-refractivity contribution in [2.75, 3.05) is 13.7 Å². The number of carbonyl (C=O) groups excluding carboxylic acids is 2. The molecule has 0 spiro atoms. The van der Waals surface area contributed by atoms with Crippen molar-refractivity contribution < 1.29 is 29.0 Å². The Morgan fingerprint density at radius 3 is 2.47 bits per heavy atom. The Bertz CT molecular complexity index is 1180. The molecule has 0 aliphatic carbocycles. The molecule has 7 nitrogen and oxygen atoms in total. The molecule has 3 aromatic rings. The van der Waals surface area contributed by atoms with Crippen LogP contribution in [0.4, 0.5) is 0 Å². The van der Waals surface area contributed by atoms with Gasteiger partial charge in [-0.25, -0.2) is 9.59 Å². The van der Waals surface area contributed by atoms with Crippen LogP contribution in [-0.2, 0) is 27.3 Å². The molecule has 2 heterocycles. The number of carbonyl (C=O) groups is 3. The van der Waals surface area contributed by atoms with Crippen molar-refractivity contribution in [3.63, 3.8) is 0 Å². The zero-order valence-electron chi connectivity index (χ0n) is 18.7. The van der Waals surface area contributed by atoms with Gasteiger partial charge in [-0.3, -0.25) is 9.69 Å².